The SMILES string of the molecule is COC(=O)c1ccc(CN(C)C(=O)c2ccc(C)cc2O)cc1. The summed E-state index contributed by atoms with van der Waals surface area (Å²) < 4.78 is 4.64. The zero-order valence-corrected chi connectivity index (χ0v) is 13.4. The van der Waals surface area contributed by atoms with Crippen molar-refractivity contribution in [3.05, 3.63) is 64.7 Å². The Hall–Kier alpha value is -2.82. The summed E-state index contributed by atoms with van der Waals surface area (Å²) >= 11 is 0. The first-order valence-electron chi connectivity index (χ1n) is 7.14. The molecule has 0 aliphatic carbocycles. The number of carbonyl (C=O) groups excluding carboxylic acids is 2. The number of benzene rings is 2. The lowest BCUT2D eigenvalue weighted by Crippen LogP contribution is -2.26. The van der Waals surface area contributed by atoms with Crippen LogP contribution in [-0.4, -0.2) is 36.0 Å². The van der Waals surface area contributed by atoms with Gasteiger partial charge in [0.05, 0.1) is 18.2 Å². The highest BCUT2D eigenvalue weighted by molar-refractivity contribution is 5.96. The largest absolute Gasteiger partial charge is 0.507 e. The lowest BCUT2D eigenvalue weighted by molar-refractivity contribution is 0.0600. The lowest BCUT2D eigenvalue weighted by Gasteiger charge is -2.18. The number of phenols is 1. The Morgan fingerprint density at radius 1 is 1.13 bits per heavy atom. The monoisotopic (exact) mass is 313 g/mol. The van der Waals surface area contributed by atoms with Crippen molar-refractivity contribution in [2.24, 2.45) is 0 Å². The molecule has 23 heavy (non-hydrogen) atoms. The molecular weight excluding hydrogens is 294 g/mol. The normalized spacial score (nSPS) is 10.2. The van der Waals surface area contributed by atoms with Gasteiger partial charge in [-0.15, -0.1) is 0 Å². The van der Waals surface area contributed by atoms with Gasteiger partial charge in [0, 0.05) is 13.6 Å². The number of esters is 1. The Balaban J connectivity index is 2.10. The molecule has 2 aromatic carbocycles. The third kappa shape index (κ3) is 3.88. The van der Waals surface area contributed by atoms with E-state index in [1.165, 1.54) is 12.0 Å². The molecule has 5 nitrogen and oxygen atoms in total. The number of phenolic OH excluding ortho intramolecular Hbond substituents is 1. The van der Waals surface area contributed by atoms with E-state index < -0.39 is 5.97 Å². The number of hydrogen-bond acceptors (Lipinski definition) is 4. The number of nitrogens with zero attached hydrogens (tertiary/aromatic N) is 1. The fraction of sp³-hybridized carbons (Fsp3) is 0.222. The van der Waals surface area contributed by atoms with Crippen molar-refractivity contribution >= 4 is 11.9 Å². The molecule has 5 heteroatoms. The molecule has 0 radical (unpaired) electrons. The predicted molar refractivity (Wildman–Crippen MR) is 86.4 cm³/mol. The quantitative estimate of drug-likeness (QED) is 0.881. The Morgan fingerprint density at radius 2 is 1.78 bits per heavy atom. The summed E-state index contributed by atoms with van der Waals surface area (Å²) in [6, 6.07) is 11.8. The summed E-state index contributed by atoms with van der Waals surface area (Å²) in [6.45, 7) is 2.22. The van der Waals surface area contributed by atoms with Crippen LogP contribution in [0.3, 0.4) is 0 Å². The predicted octanol–water partition coefficient (Wildman–Crippen LogP) is 2.76. The van der Waals surface area contributed by atoms with Gasteiger partial charge in [0.1, 0.15) is 5.75 Å². The van der Waals surface area contributed by atoms with Crippen molar-refractivity contribution in [2.45, 2.75) is 13.5 Å². The Labute approximate surface area is 135 Å². The smallest absolute Gasteiger partial charge is 0.337 e. The first-order valence-corrected chi connectivity index (χ1v) is 7.14. The molecular formula is C18H19NO4. The van der Waals surface area contributed by atoms with Gasteiger partial charge in [-0.1, -0.05) is 18.2 Å². The van der Waals surface area contributed by atoms with E-state index >= 15 is 0 Å². The van der Waals surface area contributed by atoms with Gasteiger partial charge in [0.25, 0.3) is 5.91 Å². The third-order valence-electron chi connectivity index (χ3n) is 3.53. The van der Waals surface area contributed by atoms with E-state index in [0.717, 1.165) is 11.1 Å². The van der Waals surface area contributed by atoms with E-state index in [1.54, 1.807) is 49.5 Å². The number of hydrogen-bond donors (Lipinski definition) is 1. The standard InChI is InChI=1S/C18H19NO4/c1-12-4-9-15(16(20)10-12)17(21)19(2)11-13-5-7-14(8-6-13)18(22)23-3/h4-10,20H,11H2,1-3H3. The minimum atomic E-state index is -0.398. The zero-order chi connectivity index (χ0) is 17.0. The van der Waals surface area contributed by atoms with Crippen molar-refractivity contribution in [2.75, 3.05) is 14.2 Å². The maximum atomic E-state index is 12.4. The Kier molecular flexibility index (Phi) is 5.01. The number of ether oxygens (including phenoxy) is 1. The molecule has 2 aromatic rings. The Morgan fingerprint density at radius 3 is 2.35 bits per heavy atom. The fourth-order valence-electron chi connectivity index (χ4n) is 2.24. The van der Waals surface area contributed by atoms with Gasteiger partial charge >= 0.3 is 5.97 Å². The molecule has 1 amide bonds. The summed E-state index contributed by atoms with van der Waals surface area (Å²) in [5, 5.41) is 9.90. The van der Waals surface area contributed by atoms with Gasteiger partial charge in [0.15, 0.2) is 0 Å². The minimum absolute atomic E-state index is 0.0251. The highest BCUT2D eigenvalue weighted by Crippen LogP contribution is 2.20. The summed E-state index contributed by atoms with van der Waals surface area (Å²) in [4.78, 5) is 25.3. The van der Waals surface area contributed by atoms with E-state index in [-0.39, 0.29) is 17.2 Å². The summed E-state index contributed by atoms with van der Waals surface area (Å²) in [7, 11) is 2.99. The first-order chi connectivity index (χ1) is 10.9. The highest BCUT2D eigenvalue weighted by Gasteiger charge is 2.16. The topological polar surface area (TPSA) is 66.8 Å². The van der Waals surface area contributed by atoms with Crippen LogP contribution in [-0.2, 0) is 11.3 Å². The van der Waals surface area contributed by atoms with Gasteiger partial charge in [-0.05, 0) is 42.3 Å². The van der Waals surface area contributed by atoms with Crippen LogP contribution < -0.4 is 0 Å². The molecule has 0 saturated heterocycles. The van der Waals surface area contributed by atoms with Crippen LogP contribution in [0.1, 0.15) is 31.8 Å². The molecule has 0 saturated carbocycles. The Bertz CT molecular complexity index is 722. The number of aryl methyl sites for hydroxylation is 1. The average molecular weight is 313 g/mol. The minimum Gasteiger partial charge on any atom is -0.507 e. The molecule has 0 unspecified atom stereocenters. The van der Waals surface area contributed by atoms with Crippen LogP contribution in [0.25, 0.3) is 0 Å². The third-order valence-corrected chi connectivity index (χ3v) is 3.53. The van der Waals surface area contributed by atoms with Crippen LogP contribution in [0.15, 0.2) is 42.5 Å². The summed E-state index contributed by atoms with van der Waals surface area (Å²) in [5.41, 5.74) is 2.49. The zero-order valence-electron chi connectivity index (χ0n) is 13.4. The first kappa shape index (κ1) is 16.5. The van der Waals surface area contributed by atoms with Crippen molar-refractivity contribution in [3.8, 4) is 5.75 Å². The summed E-state index contributed by atoms with van der Waals surface area (Å²) in [5.74, 6) is -0.687. The lowest BCUT2D eigenvalue weighted by atomic mass is 10.1. The second-order valence-electron chi connectivity index (χ2n) is 5.37. The van der Waals surface area contributed by atoms with Crippen molar-refractivity contribution in [1.29, 1.82) is 0 Å². The maximum Gasteiger partial charge on any atom is 0.337 e. The van der Waals surface area contributed by atoms with Crippen LogP contribution >= 0.6 is 0 Å². The van der Waals surface area contributed by atoms with Gasteiger partial charge in [0.2, 0.25) is 0 Å². The second-order valence-corrected chi connectivity index (χ2v) is 5.37. The molecule has 0 aromatic heterocycles. The number of methoxy groups -OCH3 is 1. The molecule has 120 valence electrons. The van der Waals surface area contributed by atoms with Gasteiger partial charge in [-0.25, -0.2) is 4.79 Å². The second kappa shape index (κ2) is 6.96. The van der Waals surface area contributed by atoms with Crippen molar-refractivity contribution in [1.82, 2.24) is 4.90 Å². The van der Waals surface area contributed by atoms with Crippen LogP contribution in [0.5, 0.6) is 5.75 Å². The molecule has 1 N–H and O–H groups in total. The molecule has 0 bridgehead atoms. The average Bonchev–Trinajstić information content (AvgIpc) is 2.54. The number of amides is 1. The van der Waals surface area contributed by atoms with E-state index in [1.807, 2.05) is 6.92 Å². The van der Waals surface area contributed by atoms with Crippen LogP contribution in [0.4, 0.5) is 0 Å². The molecule has 0 spiro atoms. The molecule has 0 aliphatic heterocycles. The highest BCUT2D eigenvalue weighted by atomic mass is 16.5. The molecule has 0 aliphatic rings. The van der Waals surface area contributed by atoms with Crippen molar-refractivity contribution < 1.29 is 19.4 Å². The molecule has 2 rings (SSSR count). The van der Waals surface area contributed by atoms with Crippen molar-refractivity contribution in [3.63, 3.8) is 0 Å². The molecule has 0 atom stereocenters. The van der Waals surface area contributed by atoms with Gasteiger partial charge in [-0.3, -0.25) is 4.79 Å². The van der Waals surface area contributed by atoms with E-state index in [2.05, 4.69) is 4.74 Å². The fourth-order valence-corrected chi connectivity index (χ4v) is 2.24. The van der Waals surface area contributed by atoms with E-state index in [9.17, 15) is 14.7 Å². The molecule has 0 fully saturated rings. The molecule has 0 heterocycles. The maximum absolute atomic E-state index is 12.4. The van der Waals surface area contributed by atoms with Gasteiger partial charge in [-0.2, -0.15) is 0 Å². The van der Waals surface area contributed by atoms with E-state index in [0.29, 0.717) is 12.1 Å². The number of carbonyl (C=O) groups is 2. The number of aromatic hydroxyl groups is 1. The van der Waals surface area contributed by atoms with Gasteiger partial charge < -0.3 is 14.7 Å². The summed E-state index contributed by atoms with van der Waals surface area (Å²) in [6.07, 6.45) is 0. The van der Waals surface area contributed by atoms with Crippen LogP contribution in [0, 0.1) is 6.92 Å². The number of rotatable bonds is 4. The van der Waals surface area contributed by atoms with E-state index in [4.69, 9.17) is 0 Å². The van der Waals surface area contributed by atoms with Crippen LogP contribution in [0.2, 0.25) is 0 Å².